The Morgan fingerprint density at radius 3 is 3.00 bits per heavy atom. The highest BCUT2D eigenvalue weighted by Gasteiger charge is 2.34. The third-order valence-electron chi connectivity index (χ3n) is 3.11. The summed E-state index contributed by atoms with van der Waals surface area (Å²) in [6, 6.07) is 0.780. The van der Waals surface area contributed by atoms with Crippen molar-refractivity contribution in [2.45, 2.75) is 11.1 Å². The molecule has 2 amide bonds. The lowest BCUT2D eigenvalue weighted by molar-refractivity contribution is -0.0473. The SMILES string of the molecule is CC1=C(NC(=O)N2C=Cc3ccsc3S2(=O)=O)N(O)CC=N1. The van der Waals surface area contributed by atoms with E-state index in [-0.39, 0.29) is 16.6 Å². The predicted molar refractivity (Wildman–Crippen MR) is 80.6 cm³/mol. The minimum atomic E-state index is -3.93. The van der Waals surface area contributed by atoms with Gasteiger partial charge in [0.15, 0.2) is 5.82 Å². The summed E-state index contributed by atoms with van der Waals surface area (Å²) in [4.78, 5) is 16.2. The zero-order chi connectivity index (χ0) is 15.9. The minimum absolute atomic E-state index is 0.0491. The zero-order valence-electron chi connectivity index (χ0n) is 11.4. The lowest BCUT2D eigenvalue weighted by Crippen LogP contribution is -2.45. The summed E-state index contributed by atoms with van der Waals surface area (Å²) in [7, 11) is -3.93. The van der Waals surface area contributed by atoms with E-state index in [1.54, 1.807) is 24.4 Å². The summed E-state index contributed by atoms with van der Waals surface area (Å²) < 4.78 is 25.5. The monoisotopic (exact) mass is 340 g/mol. The average Bonchev–Trinajstić information content (AvgIpc) is 2.92. The number of nitrogens with one attached hydrogen (secondary N) is 1. The van der Waals surface area contributed by atoms with Gasteiger partial charge in [0.2, 0.25) is 0 Å². The molecule has 1 aromatic rings. The maximum Gasteiger partial charge on any atom is 0.341 e. The van der Waals surface area contributed by atoms with Crippen molar-refractivity contribution in [3.05, 3.63) is 34.7 Å². The lowest BCUT2D eigenvalue weighted by atomic mass is 10.3. The molecule has 10 heteroatoms. The molecule has 0 spiro atoms. The van der Waals surface area contributed by atoms with Crippen LogP contribution in [0, 0.1) is 0 Å². The predicted octanol–water partition coefficient (Wildman–Crippen LogP) is 1.40. The van der Waals surface area contributed by atoms with E-state index in [0.717, 1.165) is 16.4 Å². The van der Waals surface area contributed by atoms with Gasteiger partial charge in [0.1, 0.15) is 4.21 Å². The van der Waals surface area contributed by atoms with Gasteiger partial charge in [-0.05, 0) is 24.4 Å². The van der Waals surface area contributed by atoms with Crippen molar-refractivity contribution in [1.29, 1.82) is 0 Å². The fourth-order valence-corrected chi connectivity index (χ4v) is 4.64. The number of hydroxylamine groups is 2. The van der Waals surface area contributed by atoms with Gasteiger partial charge in [-0.1, -0.05) is 0 Å². The van der Waals surface area contributed by atoms with E-state index in [1.165, 1.54) is 12.4 Å². The number of amides is 2. The standard InChI is InChI=1S/C12H12N4O4S2/c1-8-10(15(18)6-4-13-8)14-12(17)16-5-2-9-3-7-21-11(9)22(16,19)20/h2-5,7,18H,6H2,1H3,(H,14,17). The van der Waals surface area contributed by atoms with Crippen LogP contribution in [0.5, 0.6) is 0 Å². The Morgan fingerprint density at radius 1 is 1.50 bits per heavy atom. The molecule has 0 bridgehead atoms. The van der Waals surface area contributed by atoms with Crippen LogP contribution >= 0.6 is 11.3 Å². The minimum Gasteiger partial charge on any atom is -0.289 e. The summed E-state index contributed by atoms with van der Waals surface area (Å²) in [5.41, 5.74) is 0.924. The van der Waals surface area contributed by atoms with Gasteiger partial charge in [-0.15, -0.1) is 11.3 Å². The number of rotatable bonds is 1. The number of fused-ring (bicyclic) bond motifs is 1. The molecule has 0 unspecified atom stereocenters. The maximum absolute atomic E-state index is 12.4. The molecule has 0 atom stereocenters. The van der Waals surface area contributed by atoms with E-state index in [2.05, 4.69) is 10.3 Å². The second kappa shape index (κ2) is 5.23. The maximum atomic E-state index is 12.4. The molecule has 0 fully saturated rings. The molecule has 0 radical (unpaired) electrons. The second-order valence-corrected chi connectivity index (χ2v) is 7.46. The Labute approximate surface area is 130 Å². The number of carbonyl (C=O) groups excluding carboxylic acids is 1. The van der Waals surface area contributed by atoms with Crippen LogP contribution in [0.15, 0.2) is 38.4 Å². The smallest absolute Gasteiger partial charge is 0.289 e. The van der Waals surface area contributed by atoms with E-state index in [9.17, 15) is 18.4 Å². The van der Waals surface area contributed by atoms with Crippen LogP contribution in [0.4, 0.5) is 4.79 Å². The van der Waals surface area contributed by atoms with Crippen LogP contribution in [0.25, 0.3) is 6.08 Å². The molecule has 2 aliphatic heterocycles. The van der Waals surface area contributed by atoms with E-state index >= 15 is 0 Å². The Morgan fingerprint density at radius 2 is 2.27 bits per heavy atom. The van der Waals surface area contributed by atoms with Crippen LogP contribution in [-0.2, 0) is 10.0 Å². The third-order valence-corrected chi connectivity index (χ3v) is 6.26. The number of nitrogens with zero attached hydrogens (tertiary/aromatic N) is 3. The highest BCUT2D eigenvalue weighted by molar-refractivity contribution is 7.92. The van der Waals surface area contributed by atoms with Crippen molar-refractivity contribution in [2.24, 2.45) is 4.99 Å². The fraction of sp³-hybridized carbons (Fsp3) is 0.167. The van der Waals surface area contributed by atoms with Crippen LogP contribution in [0.2, 0.25) is 0 Å². The molecular formula is C12H12N4O4S2. The van der Waals surface area contributed by atoms with Crippen LogP contribution in [0.3, 0.4) is 0 Å². The molecule has 0 saturated heterocycles. The quantitative estimate of drug-likeness (QED) is 0.804. The Bertz CT molecular complexity index is 822. The van der Waals surface area contributed by atoms with Gasteiger partial charge < -0.3 is 0 Å². The summed E-state index contributed by atoms with van der Waals surface area (Å²) in [6.45, 7) is 1.69. The molecule has 3 heterocycles. The molecule has 2 N–H and O–H groups in total. The highest BCUT2D eigenvalue weighted by Crippen LogP contribution is 2.31. The Hall–Kier alpha value is -2.17. The van der Waals surface area contributed by atoms with E-state index < -0.39 is 16.1 Å². The van der Waals surface area contributed by atoms with Crippen LogP contribution < -0.4 is 5.32 Å². The molecule has 8 nitrogen and oxygen atoms in total. The molecule has 3 rings (SSSR count). The van der Waals surface area contributed by atoms with Crippen molar-refractivity contribution < 1.29 is 18.4 Å². The van der Waals surface area contributed by atoms with E-state index in [4.69, 9.17) is 0 Å². The number of urea groups is 1. The van der Waals surface area contributed by atoms with Crippen LogP contribution in [0.1, 0.15) is 12.5 Å². The first kappa shape index (κ1) is 14.8. The van der Waals surface area contributed by atoms with Gasteiger partial charge in [0, 0.05) is 18.0 Å². The van der Waals surface area contributed by atoms with Crippen molar-refractivity contribution in [2.75, 3.05) is 6.54 Å². The van der Waals surface area contributed by atoms with Gasteiger partial charge in [-0.25, -0.2) is 9.86 Å². The molecule has 0 aliphatic carbocycles. The number of carbonyl (C=O) groups is 1. The van der Waals surface area contributed by atoms with Gasteiger partial charge in [-0.3, -0.25) is 15.5 Å². The second-order valence-electron chi connectivity index (χ2n) is 4.54. The molecule has 2 aliphatic rings. The Balaban J connectivity index is 1.89. The molecule has 0 aromatic carbocycles. The molecule has 1 aromatic heterocycles. The molecule has 0 saturated carbocycles. The first-order valence-corrected chi connectivity index (χ1v) is 8.54. The van der Waals surface area contributed by atoms with Crippen LogP contribution in [-0.4, -0.2) is 41.8 Å². The first-order chi connectivity index (χ1) is 10.4. The number of allylic oxidation sites excluding steroid dienone is 1. The van der Waals surface area contributed by atoms with Gasteiger partial charge in [-0.2, -0.15) is 12.7 Å². The van der Waals surface area contributed by atoms with Gasteiger partial charge in [0.25, 0.3) is 10.0 Å². The molecular weight excluding hydrogens is 328 g/mol. The summed E-state index contributed by atoms with van der Waals surface area (Å²) in [5, 5.41) is 14.5. The summed E-state index contributed by atoms with van der Waals surface area (Å²) >= 11 is 1.04. The number of hydrogen-bond acceptors (Lipinski definition) is 7. The molecule has 116 valence electrons. The van der Waals surface area contributed by atoms with Crippen molar-refractivity contribution in [3.63, 3.8) is 0 Å². The average molecular weight is 340 g/mol. The lowest BCUT2D eigenvalue weighted by Gasteiger charge is -2.26. The molecule has 22 heavy (non-hydrogen) atoms. The summed E-state index contributed by atoms with van der Waals surface area (Å²) in [6.07, 6.45) is 4.20. The highest BCUT2D eigenvalue weighted by atomic mass is 32.2. The van der Waals surface area contributed by atoms with Crippen molar-refractivity contribution in [1.82, 2.24) is 14.7 Å². The number of aliphatic imine (C=N–C) groups is 1. The van der Waals surface area contributed by atoms with E-state index in [0.29, 0.717) is 15.6 Å². The third kappa shape index (κ3) is 2.30. The largest absolute Gasteiger partial charge is 0.341 e. The topological polar surface area (TPSA) is 102 Å². The first-order valence-electron chi connectivity index (χ1n) is 6.22. The fourth-order valence-electron chi connectivity index (χ4n) is 2.04. The number of sulfonamides is 1. The number of hydrogen-bond donors (Lipinski definition) is 2. The van der Waals surface area contributed by atoms with Crippen molar-refractivity contribution in [3.8, 4) is 0 Å². The normalized spacial score (nSPS) is 19.4. The van der Waals surface area contributed by atoms with Crippen molar-refractivity contribution >= 4 is 39.7 Å². The van der Waals surface area contributed by atoms with E-state index in [1.807, 2.05) is 0 Å². The number of thiophene rings is 1. The zero-order valence-corrected chi connectivity index (χ0v) is 13.1. The van der Waals surface area contributed by atoms with Gasteiger partial charge in [0.05, 0.1) is 12.2 Å². The Kier molecular flexibility index (Phi) is 3.51. The van der Waals surface area contributed by atoms with Gasteiger partial charge >= 0.3 is 6.03 Å². The summed E-state index contributed by atoms with van der Waals surface area (Å²) in [5.74, 6) is 0.0491.